The highest BCUT2D eigenvalue weighted by molar-refractivity contribution is 7.99. The van der Waals surface area contributed by atoms with E-state index in [0.29, 0.717) is 6.54 Å². The van der Waals surface area contributed by atoms with Gasteiger partial charge in [-0.3, -0.25) is 0 Å². The van der Waals surface area contributed by atoms with Gasteiger partial charge in [0.05, 0.1) is 0 Å². The maximum Gasteiger partial charge on any atom is 0.123 e. The van der Waals surface area contributed by atoms with Gasteiger partial charge in [-0.2, -0.15) is 0 Å². The van der Waals surface area contributed by atoms with Gasteiger partial charge in [0.2, 0.25) is 0 Å². The van der Waals surface area contributed by atoms with Crippen LogP contribution in [0.25, 0.3) is 0 Å². The quantitative estimate of drug-likeness (QED) is 0.737. The molecule has 0 fully saturated rings. The SMILES string of the molecule is CCNCc1cc(F)ccc1SCC(C)CO. The fourth-order valence-corrected chi connectivity index (χ4v) is 2.42. The molecule has 1 aromatic carbocycles. The Morgan fingerprint density at radius 3 is 2.88 bits per heavy atom. The summed E-state index contributed by atoms with van der Waals surface area (Å²) < 4.78 is 13.2. The Hall–Kier alpha value is -0.580. The second-order valence-electron chi connectivity index (χ2n) is 4.13. The molecule has 0 radical (unpaired) electrons. The smallest absolute Gasteiger partial charge is 0.123 e. The third kappa shape index (κ3) is 5.06. The Kier molecular flexibility index (Phi) is 6.55. The Morgan fingerprint density at radius 2 is 2.24 bits per heavy atom. The Labute approximate surface area is 107 Å². The van der Waals surface area contributed by atoms with E-state index in [1.807, 2.05) is 19.9 Å². The van der Waals surface area contributed by atoms with Crippen LogP contribution in [0.1, 0.15) is 19.4 Å². The number of thioether (sulfide) groups is 1. The maximum atomic E-state index is 13.2. The monoisotopic (exact) mass is 257 g/mol. The van der Waals surface area contributed by atoms with E-state index in [1.54, 1.807) is 17.8 Å². The predicted octanol–water partition coefficient (Wildman–Crippen LogP) is 2.66. The number of hydrogen-bond acceptors (Lipinski definition) is 3. The standard InChI is InChI=1S/C13H20FNOS/c1-3-15-7-11-6-12(14)4-5-13(11)17-9-10(2)8-16/h4-6,10,15-16H,3,7-9H2,1-2H3. The number of nitrogens with one attached hydrogen (secondary N) is 1. The van der Waals surface area contributed by atoms with Crippen LogP contribution in [0.5, 0.6) is 0 Å². The summed E-state index contributed by atoms with van der Waals surface area (Å²) in [7, 11) is 0. The molecular formula is C13H20FNOS. The summed E-state index contributed by atoms with van der Waals surface area (Å²) in [5, 5.41) is 12.2. The van der Waals surface area contributed by atoms with E-state index >= 15 is 0 Å². The van der Waals surface area contributed by atoms with Crippen molar-refractivity contribution in [3.63, 3.8) is 0 Å². The zero-order chi connectivity index (χ0) is 12.7. The van der Waals surface area contributed by atoms with E-state index < -0.39 is 0 Å². The first-order valence-corrected chi connectivity index (χ1v) is 6.88. The first-order valence-electron chi connectivity index (χ1n) is 5.90. The molecule has 1 unspecified atom stereocenters. The number of halogens is 1. The zero-order valence-electron chi connectivity index (χ0n) is 10.4. The molecule has 17 heavy (non-hydrogen) atoms. The summed E-state index contributed by atoms with van der Waals surface area (Å²) in [6.45, 7) is 5.77. The van der Waals surface area contributed by atoms with Gasteiger partial charge in [0.25, 0.3) is 0 Å². The van der Waals surface area contributed by atoms with Gasteiger partial charge in [-0.25, -0.2) is 4.39 Å². The lowest BCUT2D eigenvalue weighted by molar-refractivity contribution is 0.250. The van der Waals surface area contributed by atoms with Crippen LogP contribution in [0.3, 0.4) is 0 Å². The van der Waals surface area contributed by atoms with E-state index in [2.05, 4.69) is 5.32 Å². The molecule has 2 nitrogen and oxygen atoms in total. The van der Waals surface area contributed by atoms with Crippen molar-refractivity contribution < 1.29 is 9.50 Å². The van der Waals surface area contributed by atoms with Crippen molar-refractivity contribution >= 4 is 11.8 Å². The van der Waals surface area contributed by atoms with E-state index in [0.717, 1.165) is 22.8 Å². The predicted molar refractivity (Wildman–Crippen MR) is 70.8 cm³/mol. The summed E-state index contributed by atoms with van der Waals surface area (Å²) in [5.74, 6) is 0.913. The summed E-state index contributed by atoms with van der Waals surface area (Å²) in [6, 6.07) is 4.88. The van der Waals surface area contributed by atoms with Gasteiger partial charge in [-0.05, 0) is 36.2 Å². The molecule has 0 amide bonds. The minimum absolute atomic E-state index is 0.191. The number of rotatable bonds is 7. The zero-order valence-corrected chi connectivity index (χ0v) is 11.2. The molecular weight excluding hydrogens is 237 g/mol. The third-order valence-electron chi connectivity index (χ3n) is 2.42. The van der Waals surface area contributed by atoms with Crippen LogP contribution in [0, 0.1) is 11.7 Å². The summed E-state index contributed by atoms with van der Waals surface area (Å²) in [4.78, 5) is 1.09. The molecule has 1 atom stereocenters. The molecule has 0 saturated carbocycles. The van der Waals surface area contributed by atoms with Gasteiger partial charge in [0.15, 0.2) is 0 Å². The van der Waals surface area contributed by atoms with Crippen LogP contribution in [-0.2, 0) is 6.54 Å². The number of aliphatic hydroxyl groups is 1. The lowest BCUT2D eigenvalue weighted by atomic mass is 10.2. The molecule has 0 aliphatic heterocycles. The summed E-state index contributed by atoms with van der Waals surface area (Å²) >= 11 is 1.67. The molecule has 0 aromatic heterocycles. The average Bonchev–Trinajstić information content (AvgIpc) is 2.34. The Bertz CT molecular complexity index is 346. The van der Waals surface area contributed by atoms with Crippen molar-refractivity contribution in [1.29, 1.82) is 0 Å². The van der Waals surface area contributed by atoms with Gasteiger partial charge in [0.1, 0.15) is 5.82 Å². The van der Waals surface area contributed by atoms with Crippen LogP contribution >= 0.6 is 11.8 Å². The molecule has 1 rings (SSSR count). The van der Waals surface area contributed by atoms with Crippen molar-refractivity contribution in [2.45, 2.75) is 25.3 Å². The van der Waals surface area contributed by atoms with Gasteiger partial charge in [-0.1, -0.05) is 13.8 Å². The van der Waals surface area contributed by atoms with Crippen LogP contribution in [-0.4, -0.2) is 24.0 Å². The number of benzene rings is 1. The van der Waals surface area contributed by atoms with Crippen molar-refractivity contribution in [2.24, 2.45) is 5.92 Å². The second kappa shape index (κ2) is 7.69. The fourth-order valence-electron chi connectivity index (χ4n) is 1.37. The molecule has 0 saturated heterocycles. The minimum atomic E-state index is -0.197. The van der Waals surface area contributed by atoms with Crippen molar-refractivity contribution in [2.75, 3.05) is 18.9 Å². The largest absolute Gasteiger partial charge is 0.396 e. The molecule has 0 heterocycles. The molecule has 0 aliphatic carbocycles. The van der Waals surface area contributed by atoms with Crippen molar-refractivity contribution in [1.82, 2.24) is 5.32 Å². The van der Waals surface area contributed by atoms with Crippen molar-refractivity contribution in [3.8, 4) is 0 Å². The molecule has 0 bridgehead atoms. The summed E-state index contributed by atoms with van der Waals surface area (Å²) in [5.41, 5.74) is 0.988. The third-order valence-corrected chi connectivity index (χ3v) is 3.87. The van der Waals surface area contributed by atoms with Crippen LogP contribution in [0.2, 0.25) is 0 Å². The van der Waals surface area contributed by atoms with E-state index in [-0.39, 0.29) is 18.3 Å². The lowest BCUT2D eigenvalue weighted by Gasteiger charge is -2.12. The second-order valence-corrected chi connectivity index (χ2v) is 5.19. The fraction of sp³-hybridized carbons (Fsp3) is 0.538. The first-order chi connectivity index (χ1) is 8.17. The van der Waals surface area contributed by atoms with E-state index in [9.17, 15) is 4.39 Å². The van der Waals surface area contributed by atoms with Crippen LogP contribution in [0.15, 0.2) is 23.1 Å². The highest BCUT2D eigenvalue weighted by atomic mass is 32.2. The van der Waals surface area contributed by atoms with Gasteiger partial charge >= 0.3 is 0 Å². The van der Waals surface area contributed by atoms with Crippen LogP contribution < -0.4 is 5.32 Å². The normalized spacial score (nSPS) is 12.7. The van der Waals surface area contributed by atoms with Gasteiger partial charge in [-0.15, -0.1) is 11.8 Å². The molecule has 1 aromatic rings. The minimum Gasteiger partial charge on any atom is -0.396 e. The maximum absolute atomic E-state index is 13.2. The molecule has 0 aliphatic rings. The molecule has 0 spiro atoms. The van der Waals surface area contributed by atoms with Gasteiger partial charge < -0.3 is 10.4 Å². The van der Waals surface area contributed by atoms with E-state index in [1.165, 1.54) is 6.07 Å². The highest BCUT2D eigenvalue weighted by Crippen LogP contribution is 2.25. The van der Waals surface area contributed by atoms with Crippen molar-refractivity contribution in [3.05, 3.63) is 29.6 Å². The van der Waals surface area contributed by atoms with E-state index in [4.69, 9.17) is 5.11 Å². The lowest BCUT2D eigenvalue weighted by Crippen LogP contribution is -2.13. The number of aliphatic hydroxyl groups excluding tert-OH is 1. The average molecular weight is 257 g/mol. The molecule has 2 N–H and O–H groups in total. The highest BCUT2D eigenvalue weighted by Gasteiger charge is 2.07. The number of hydrogen-bond donors (Lipinski definition) is 2. The topological polar surface area (TPSA) is 32.3 Å². The summed E-state index contributed by atoms with van der Waals surface area (Å²) in [6.07, 6.45) is 0. The van der Waals surface area contributed by atoms with Crippen LogP contribution in [0.4, 0.5) is 4.39 Å². The molecule has 96 valence electrons. The van der Waals surface area contributed by atoms with Gasteiger partial charge in [0, 0.05) is 23.8 Å². The first kappa shape index (κ1) is 14.5. The Morgan fingerprint density at radius 1 is 1.47 bits per heavy atom. The molecule has 4 heteroatoms. The Balaban J connectivity index is 2.68.